The minimum absolute atomic E-state index is 0.529. The second kappa shape index (κ2) is 7.71. The Labute approximate surface area is 164 Å². The first-order valence-corrected chi connectivity index (χ1v) is 9.35. The lowest BCUT2D eigenvalue weighted by atomic mass is 10.2. The van der Waals surface area contributed by atoms with E-state index in [0.29, 0.717) is 5.95 Å². The molecule has 0 atom stereocenters. The molecule has 0 saturated carbocycles. The van der Waals surface area contributed by atoms with Crippen LogP contribution in [0, 0.1) is 6.92 Å². The summed E-state index contributed by atoms with van der Waals surface area (Å²) in [6, 6.07) is 10.1. The van der Waals surface area contributed by atoms with Gasteiger partial charge in [-0.05, 0) is 47.1 Å². The molecule has 136 valence electrons. The Hall–Kier alpha value is -3.00. The van der Waals surface area contributed by atoms with Gasteiger partial charge in [0.1, 0.15) is 5.82 Å². The van der Waals surface area contributed by atoms with Crippen LogP contribution in [0.15, 0.2) is 53.5 Å². The standard InChI is InChI=1S/C19H18BrN7/c1-12-2-3-13-8-14(4-5-17(13)25-12)26-19-23-10-16(20)18(27-19)22-7-6-15-9-21-11-24-15/h2-5,8-11H,6-7H2,1H3,(H,21,24)(H2,22,23,26,27). The number of halogens is 1. The van der Waals surface area contributed by atoms with Crippen LogP contribution in [0.25, 0.3) is 10.9 Å². The maximum absolute atomic E-state index is 4.56. The van der Waals surface area contributed by atoms with Gasteiger partial charge in [0, 0.05) is 47.8 Å². The SMILES string of the molecule is Cc1ccc2cc(Nc3ncc(Br)c(NCCc4cnc[nH]4)n3)ccc2n1. The third-order valence-corrected chi connectivity index (χ3v) is 4.65. The Morgan fingerprint density at radius 1 is 1.11 bits per heavy atom. The first kappa shape index (κ1) is 17.4. The van der Waals surface area contributed by atoms with Crippen LogP contribution in [0.3, 0.4) is 0 Å². The Morgan fingerprint density at radius 3 is 2.89 bits per heavy atom. The molecule has 8 heteroatoms. The summed E-state index contributed by atoms with van der Waals surface area (Å²) in [4.78, 5) is 20.5. The number of hydrogen-bond acceptors (Lipinski definition) is 6. The van der Waals surface area contributed by atoms with E-state index in [4.69, 9.17) is 0 Å². The van der Waals surface area contributed by atoms with Crippen molar-refractivity contribution in [1.29, 1.82) is 0 Å². The zero-order valence-corrected chi connectivity index (χ0v) is 16.3. The number of imidazole rings is 1. The molecule has 3 aromatic heterocycles. The third kappa shape index (κ3) is 4.22. The highest BCUT2D eigenvalue weighted by Gasteiger charge is 2.06. The average molecular weight is 424 g/mol. The highest BCUT2D eigenvalue weighted by Crippen LogP contribution is 2.24. The third-order valence-electron chi connectivity index (χ3n) is 4.07. The maximum Gasteiger partial charge on any atom is 0.229 e. The van der Waals surface area contributed by atoms with E-state index in [0.717, 1.165) is 51.2 Å². The number of benzene rings is 1. The van der Waals surface area contributed by atoms with Crippen molar-refractivity contribution >= 4 is 44.3 Å². The summed E-state index contributed by atoms with van der Waals surface area (Å²) >= 11 is 3.49. The molecule has 4 rings (SSSR count). The number of anilines is 3. The van der Waals surface area contributed by atoms with Crippen LogP contribution >= 0.6 is 15.9 Å². The number of rotatable bonds is 6. The molecule has 0 saturated heterocycles. The lowest BCUT2D eigenvalue weighted by molar-refractivity contribution is 0.963. The molecular formula is C19H18BrN7. The van der Waals surface area contributed by atoms with Crippen molar-refractivity contribution in [3.63, 3.8) is 0 Å². The molecule has 0 aliphatic rings. The molecule has 1 aromatic carbocycles. The van der Waals surface area contributed by atoms with Crippen molar-refractivity contribution in [1.82, 2.24) is 24.9 Å². The highest BCUT2D eigenvalue weighted by atomic mass is 79.9. The van der Waals surface area contributed by atoms with Gasteiger partial charge < -0.3 is 15.6 Å². The summed E-state index contributed by atoms with van der Waals surface area (Å²) < 4.78 is 0.816. The minimum atomic E-state index is 0.529. The molecule has 0 unspecified atom stereocenters. The number of nitrogens with zero attached hydrogens (tertiary/aromatic N) is 4. The fourth-order valence-corrected chi connectivity index (χ4v) is 3.05. The largest absolute Gasteiger partial charge is 0.369 e. The topological polar surface area (TPSA) is 91.4 Å². The molecule has 4 aromatic rings. The second-order valence-corrected chi connectivity index (χ2v) is 6.98. The number of H-pyrrole nitrogens is 1. The smallest absolute Gasteiger partial charge is 0.229 e. The van der Waals surface area contributed by atoms with Gasteiger partial charge in [0.05, 0.1) is 16.3 Å². The number of fused-ring (bicyclic) bond motifs is 1. The Kier molecular flexibility index (Phi) is 4.97. The normalized spacial score (nSPS) is 10.9. The quantitative estimate of drug-likeness (QED) is 0.430. The van der Waals surface area contributed by atoms with E-state index in [1.165, 1.54) is 0 Å². The zero-order chi connectivity index (χ0) is 18.6. The number of pyridine rings is 1. The van der Waals surface area contributed by atoms with Crippen molar-refractivity contribution in [2.24, 2.45) is 0 Å². The molecule has 0 fully saturated rings. The van der Waals surface area contributed by atoms with Crippen molar-refractivity contribution in [2.75, 3.05) is 17.2 Å². The molecule has 0 bridgehead atoms. The molecule has 3 N–H and O–H groups in total. The van der Waals surface area contributed by atoms with Gasteiger partial charge in [0.25, 0.3) is 0 Å². The maximum atomic E-state index is 4.56. The number of aryl methyl sites for hydroxylation is 1. The van der Waals surface area contributed by atoms with E-state index in [-0.39, 0.29) is 0 Å². The number of aromatic amines is 1. The van der Waals surface area contributed by atoms with Gasteiger partial charge in [-0.3, -0.25) is 4.98 Å². The summed E-state index contributed by atoms with van der Waals surface area (Å²) in [5.41, 5.74) is 3.97. The van der Waals surface area contributed by atoms with E-state index < -0.39 is 0 Å². The fraction of sp³-hybridized carbons (Fsp3) is 0.158. The van der Waals surface area contributed by atoms with Crippen LogP contribution in [-0.4, -0.2) is 31.5 Å². The number of hydrogen-bond donors (Lipinski definition) is 3. The Balaban J connectivity index is 1.48. The lowest BCUT2D eigenvalue weighted by Gasteiger charge is -2.10. The number of aromatic nitrogens is 5. The van der Waals surface area contributed by atoms with E-state index in [9.17, 15) is 0 Å². The first-order valence-electron chi connectivity index (χ1n) is 8.55. The lowest BCUT2D eigenvalue weighted by Crippen LogP contribution is -2.09. The molecule has 27 heavy (non-hydrogen) atoms. The highest BCUT2D eigenvalue weighted by molar-refractivity contribution is 9.10. The molecule has 0 aliphatic carbocycles. The van der Waals surface area contributed by atoms with E-state index in [1.807, 2.05) is 37.4 Å². The van der Waals surface area contributed by atoms with Gasteiger partial charge in [-0.1, -0.05) is 6.07 Å². The van der Waals surface area contributed by atoms with Crippen LogP contribution in [0.2, 0.25) is 0 Å². The molecule has 0 radical (unpaired) electrons. The van der Waals surface area contributed by atoms with E-state index in [2.05, 4.69) is 57.5 Å². The van der Waals surface area contributed by atoms with Gasteiger partial charge in [-0.25, -0.2) is 9.97 Å². The van der Waals surface area contributed by atoms with Crippen molar-refractivity contribution in [3.8, 4) is 0 Å². The molecule has 0 spiro atoms. The van der Waals surface area contributed by atoms with Crippen LogP contribution in [0.5, 0.6) is 0 Å². The summed E-state index contributed by atoms with van der Waals surface area (Å²) in [5.74, 6) is 1.27. The molecular weight excluding hydrogens is 406 g/mol. The average Bonchev–Trinajstić information content (AvgIpc) is 3.18. The van der Waals surface area contributed by atoms with Crippen molar-refractivity contribution in [3.05, 3.63) is 64.9 Å². The van der Waals surface area contributed by atoms with E-state index in [1.54, 1.807) is 12.5 Å². The fourth-order valence-electron chi connectivity index (χ4n) is 2.72. The van der Waals surface area contributed by atoms with Crippen LogP contribution in [0.4, 0.5) is 17.5 Å². The van der Waals surface area contributed by atoms with Crippen LogP contribution < -0.4 is 10.6 Å². The van der Waals surface area contributed by atoms with Crippen LogP contribution in [-0.2, 0) is 6.42 Å². The minimum Gasteiger partial charge on any atom is -0.369 e. The molecule has 3 heterocycles. The molecule has 0 aliphatic heterocycles. The van der Waals surface area contributed by atoms with Crippen molar-refractivity contribution < 1.29 is 0 Å². The van der Waals surface area contributed by atoms with Gasteiger partial charge in [0.15, 0.2) is 0 Å². The zero-order valence-electron chi connectivity index (χ0n) is 14.7. The molecule has 0 amide bonds. The van der Waals surface area contributed by atoms with Gasteiger partial charge in [-0.15, -0.1) is 0 Å². The summed E-state index contributed by atoms with van der Waals surface area (Å²) in [7, 11) is 0. The summed E-state index contributed by atoms with van der Waals surface area (Å²) in [6.07, 6.45) is 6.06. The predicted molar refractivity (Wildman–Crippen MR) is 110 cm³/mol. The number of nitrogens with one attached hydrogen (secondary N) is 3. The summed E-state index contributed by atoms with van der Waals surface area (Å²) in [6.45, 7) is 2.72. The Bertz CT molecular complexity index is 1060. The van der Waals surface area contributed by atoms with Gasteiger partial charge in [0.2, 0.25) is 5.95 Å². The monoisotopic (exact) mass is 423 g/mol. The van der Waals surface area contributed by atoms with E-state index >= 15 is 0 Å². The summed E-state index contributed by atoms with van der Waals surface area (Å²) in [5, 5.41) is 7.64. The predicted octanol–water partition coefficient (Wildman–Crippen LogP) is 4.22. The Morgan fingerprint density at radius 2 is 2.04 bits per heavy atom. The first-order chi connectivity index (χ1) is 13.2. The second-order valence-electron chi connectivity index (χ2n) is 6.13. The van der Waals surface area contributed by atoms with Gasteiger partial charge in [-0.2, -0.15) is 4.98 Å². The van der Waals surface area contributed by atoms with Crippen molar-refractivity contribution in [2.45, 2.75) is 13.3 Å². The molecule has 7 nitrogen and oxygen atoms in total. The van der Waals surface area contributed by atoms with Crippen LogP contribution in [0.1, 0.15) is 11.4 Å². The van der Waals surface area contributed by atoms with Gasteiger partial charge >= 0.3 is 0 Å².